The van der Waals surface area contributed by atoms with Crippen LogP contribution in [0.1, 0.15) is 33.8 Å². The summed E-state index contributed by atoms with van der Waals surface area (Å²) in [5.41, 5.74) is 2.98. The van der Waals surface area contributed by atoms with Crippen LogP contribution in [0.2, 0.25) is 10.0 Å². The number of halogens is 2. The molecule has 0 aliphatic carbocycles. The summed E-state index contributed by atoms with van der Waals surface area (Å²) < 4.78 is 0. The maximum Gasteiger partial charge on any atom is 0.253 e. The minimum absolute atomic E-state index is 0.0527. The van der Waals surface area contributed by atoms with Gasteiger partial charge in [0.25, 0.3) is 5.91 Å². The number of likely N-dealkylation sites (N-methyl/N-ethyl adjacent to an activating group) is 1. The van der Waals surface area contributed by atoms with Crippen molar-refractivity contribution in [1.82, 2.24) is 10.2 Å². The van der Waals surface area contributed by atoms with Gasteiger partial charge in [-0.2, -0.15) is 0 Å². The lowest BCUT2D eigenvalue weighted by Gasteiger charge is -2.39. The van der Waals surface area contributed by atoms with E-state index < -0.39 is 0 Å². The molecule has 1 saturated heterocycles. The normalized spacial score (nSPS) is 20.3. The molecule has 25 heavy (non-hydrogen) atoms. The van der Waals surface area contributed by atoms with Gasteiger partial charge in [0.05, 0.1) is 10.0 Å². The number of hydrogen-bond donors (Lipinski definition) is 1. The van der Waals surface area contributed by atoms with Crippen LogP contribution >= 0.6 is 23.2 Å². The fraction of sp³-hybridized carbons (Fsp3) is 0.350. The first-order valence-corrected chi connectivity index (χ1v) is 9.22. The Labute approximate surface area is 158 Å². The van der Waals surface area contributed by atoms with Crippen molar-refractivity contribution >= 4 is 29.1 Å². The number of hydrogen-bond acceptors (Lipinski definition) is 2. The summed E-state index contributed by atoms with van der Waals surface area (Å²) >= 11 is 12.3. The number of nitrogens with one attached hydrogen (secondary N) is 1. The standard InChI is InChI=1S/C20H22Cl2N2O/c1-13-3-5-14(6-4-13)20(25)24(2)19-9-10-23-12-16(19)15-7-8-17(21)18(22)11-15/h3-8,11,16,19,23H,9-10,12H2,1-2H3. The van der Waals surface area contributed by atoms with Gasteiger partial charge in [-0.1, -0.05) is 47.0 Å². The van der Waals surface area contributed by atoms with E-state index in [0.29, 0.717) is 10.0 Å². The second-order valence-corrected chi connectivity index (χ2v) is 7.44. The molecule has 2 atom stereocenters. The molecule has 5 heteroatoms. The summed E-state index contributed by atoms with van der Waals surface area (Å²) in [5, 5.41) is 4.53. The molecule has 132 valence electrons. The van der Waals surface area contributed by atoms with Gasteiger partial charge in [-0.3, -0.25) is 4.79 Å². The van der Waals surface area contributed by atoms with E-state index in [1.165, 1.54) is 0 Å². The molecule has 3 nitrogen and oxygen atoms in total. The van der Waals surface area contributed by atoms with Crippen LogP contribution in [0.5, 0.6) is 0 Å². The van der Waals surface area contributed by atoms with Crippen molar-refractivity contribution in [2.24, 2.45) is 0 Å². The average molecular weight is 377 g/mol. The van der Waals surface area contributed by atoms with E-state index in [2.05, 4.69) is 5.32 Å². The van der Waals surface area contributed by atoms with Gasteiger partial charge >= 0.3 is 0 Å². The third kappa shape index (κ3) is 4.00. The Balaban J connectivity index is 1.85. The predicted octanol–water partition coefficient (Wildman–Crippen LogP) is 4.52. The first-order valence-electron chi connectivity index (χ1n) is 8.47. The molecule has 0 aromatic heterocycles. The number of nitrogens with zero attached hydrogens (tertiary/aromatic N) is 1. The highest BCUT2D eigenvalue weighted by Gasteiger charge is 2.32. The Morgan fingerprint density at radius 2 is 1.84 bits per heavy atom. The summed E-state index contributed by atoms with van der Waals surface area (Å²) in [5.74, 6) is 0.236. The lowest BCUT2D eigenvalue weighted by molar-refractivity contribution is 0.0679. The van der Waals surface area contributed by atoms with E-state index in [9.17, 15) is 4.79 Å². The molecule has 2 aromatic rings. The van der Waals surface area contributed by atoms with E-state index >= 15 is 0 Å². The second-order valence-electron chi connectivity index (χ2n) is 6.62. The molecule has 0 saturated carbocycles. The number of carbonyl (C=O) groups is 1. The lowest BCUT2D eigenvalue weighted by Crippen LogP contribution is -2.49. The van der Waals surface area contributed by atoms with Gasteiger partial charge in [0.15, 0.2) is 0 Å². The zero-order valence-corrected chi connectivity index (χ0v) is 15.9. The van der Waals surface area contributed by atoms with E-state index in [0.717, 1.165) is 36.2 Å². The molecule has 3 rings (SSSR count). The summed E-state index contributed by atoms with van der Waals surface area (Å²) in [6, 6.07) is 13.6. The van der Waals surface area contributed by atoms with Crippen LogP contribution in [-0.4, -0.2) is 37.0 Å². The van der Waals surface area contributed by atoms with Crippen LogP contribution in [0.3, 0.4) is 0 Å². The summed E-state index contributed by atoms with van der Waals surface area (Å²) in [6.45, 7) is 3.73. The number of piperidine rings is 1. The van der Waals surface area contributed by atoms with Gasteiger partial charge in [-0.05, 0) is 49.7 Å². The van der Waals surface area contributed by atoms with Crippen molar-refractivity contribution in [2.45, 2.75) is 25.3 Å². The molecule has 1 amide bonds. The molecule has 1 aliphatic heterocycles. The van der Waals surface area contributed by atoms with Crippen LogP contribution in [0.25, 0.3) is 0 Å². The molecule has 1 fully saturated rings. The minimum Gasteiger partial charge on any atom is -0.338 e. The summed E-state index contributed by atoms with van der Waals surface area (Å²) in [7, 11) is 1.89. The molecule has 2 aromatic carbocycles. The van der Waals surface area contributed by atoms with Gasteiger partial charge in [0.1, 0.15) is 0 Å². The molecule has 1 N–H and O–H groups in total. The Hall–Kier alpha value is -1.55. The van der Waals surface area contributed by atoms with Gasteiger partial charge in [-0.25, -0.2) is 0 Å². The van der Waals surface area contributed by atoms with Gasteiger partial charge in [0.2, 0.25) is 0 Å². The molecule has 1 heterocycles. The van der Waals surface area contributed by atoms with Crippen LogP contribution in [0, 0.1) is 6.92 Å². The van der Waals surface area contributed by atoms with Crippen LogP contribution in [0.15, 0.2) is 42.5 Å². The topological polar surface area (TPSA) is 32.3 Å². The third-order valence-corrected chi connectivity index (χ3v) is 5.67. The number of benzene rings is 2. The van der Waals surface area contributed by atoms with E-state index in [1.807, 2.05) is 61.3 Å². The van der Waals surface area contributed by atoms with E-state index in [4.69, 9.17) is 23.2 Å². The monoisotopic (exact) mass is 376 g/mol. The molecule has 0 spiro atoms. The number of rotatable bonds is 3. The Kier molecular flexibility index (Phi) is 5.67. The van der Waals surface area contributed by atoms with Crippen molar-refractivity contribution in [3.63, 3.8) is 0 Å². The number of aryl methyl sites for hydroxylation is 1. The molecule has 0 radical (unpaired) electrons. The largest absolute Gasteiger partial charge is 0.338 e. The number of amides is 1. The fourth-order valence-electron chi connectivity index (χ4n) is 3.44. The Morgan fingerprint density at radius 1 is 1.12 bits per heavy atom. The molecule has 1 aliphatic rings. The first-order chi connectivity index (χ1) is 12.0. The minimum atomic E-state index is 0.0527. The fourth-order valence-corrected chi connectivity index (χ4v) is 3.75. The predicted molar refractivity (Wildman–Crippen MR) is 104 cm³/mol. The zero-order valence-electron chi connectivity index (χ0n) is 14.4. The third-order valence-electron chi connectivity index (χ3n) is 4.93. The molecular formula is C20H22Cl2N2O. The second kappa shape index (κ2) is 7.77. The lowest BCUT2D eigenvalue weighted by atomic mass is 9.85. The number of carbonyl (C=O) groups excluding carboxylic acids is 1. The van der Waals surface area contributed by atoms with Gasteiger partial charge < -0.3 is 10.2 Å². The maximum absolute atomic E-state index is 12.9. The van der Waals surface area contributed by atoms with Crippen molar-refractivity contribution in [3.8, 4) is 0 Å². The van der Waals surface area contributed by atoms with Crippen LogP contribution < -0.4 is 5.32 Å². The SMILES string of the molecule is Cc1ccc(C(=O)N(C)C2CCNCC2c2ccc(Cl)c(Cl)c2)cc1. The Bertz CT molecular complexity index is 761. The van der Waals surface area contributed by atoms with Crippen molar-refractivity contribution in [1.29, 1.82) is 0 Å². The smallest absolute Gasteiger partial charge is 0.253 e. The van der Waals surface area contributed by atoms with Crippen molar-refractivity contribution < 1.29 is 4.79 Å². The Morgan fingerprint density at radius 3 is 2.52 bits per heavy atom. The molecule has 0 bridgehead atoms. The summed E-state index contributed by atoms with van der Waals surface area (Å²) in [6.07, 6.45) is 0.902. The quantitative estimate of drug-likeness (QED) is 0.853. The van der Waals surface area contributed by atoms with Gasteiger partial charge in [0, 0.05) is 31.1 Å². The molecular weight excluding hydrogens is 355 g/mol. The van der Waals surface area contributed by atoms with Crippen LogP contribution in [-0.2, 0) is 0 Å². The highest BCUT2D eigenvalue weighted by atomic mass is 35.5. The molecule has 2 unspecified atom stereocenters. The highest BCUT2D eigenvalue weighted by molar-refractivity contribution is 6.42. The van der Waals surface area contributed by atoms with E-state index in [1.54, 1.807) is 0 Å². The highest BCUT2D eigenvalue weighted by Crippen LogP contribution is 2.32. The van der Waals surface area contributed by atoms with Crippen molar-refractivity contribution in [3.05, 3.63) is 69.2 Å². The average Bonchev–Trinajstić information content (AvgIpc) is 2.63. The van der Waals surface area contributed by atoms with Crippen molar-refractivity contribution in [2.75, 3.05) is 20.1 Å². The van der Waals surface area contributed by atoms with E-state index in [-0.39, 0.29) is 17.9 Å². The summed E-state index contributed by atoms with van der Waals surface area (Å²) in [4.78, 5) is 14.8. The first kappa shape index (κ1) is 18.2. The van der Waals surface area contributed by atoms with Gasteiger partial charge in [-0.15, -0.1) is 0 Å². The zero-order chi connectivity index (χ0) is 18.0. The maximum atomic E-state index is 12.9. The van der Waals surface area contributed by atoms with Crippen LogP contribution in [0.4, 0.5) is 0 Å².